The van der Waals surface area contributed by atoms with Crippen LogP contribution >= 0.6 is 0 Å². The van der Waals surface area contributed by atoms with Gasteiger partial charge in [0.1, 0.15) is 5.75 Å². The molecular formula is C19H22N2O3. The van der Waals surface area contributed by atoms with Gasteiger partial charge in [-0.3, -0.25) is 9.59 Å². The molecule has 0 aliphatic carbocycles. The second kappa shape index (κ2) is 8.72. The molecule has 0 heterocycles. The molecule has 0 atom stereocenters. The Hall–Kier alpha value is -2.82. The molecule has 2 aromatic rings. The standard InChI is InChI=1S/C19H22N2O3/c1-14-5-3-6-15(13-14)19(23)20-12-4-7-18(22)21-16-8-10-17(24-2)11-9-16/h3,5-6,8-11,13H,4,7,12H2,1-2H3,(H,20,23)(H,21,22). The van der Waals surface area contributed by atoms with Crippen LogP contribution in [0, 0.1) is 6.92 Å². The van der Waals surface area contributed by atoms with Gasteiger partial charge in [-0.25, -0.2) is 0 Å². The Morgan fingerprint density at radius 2 is 1.83 bits per heavy atom. The number of methoxy groups -OCH3 is 1. The van der Waals surface area contributed by atoms with E-state index in [0.717, 1.165) is 17.0 Å². The lowest BCUT2D eigenvalue weighted by atomic mass is 10.1. The monoisotopic (exact) mass is 326 g/mol. The summed E-state index contributed by atoms with van der Waals surface area (Å²) in [4.78, 5) is 23.8. The molecule has 0 radical (unpaired) electrons. The maximum atomic E-state index is 12.0. The van der Waals surface area contributed by atoms with E-state index in [4.69, 9.17) is 4.74 Å². The van der Waals surface area contributed by atoms with E-state index in [-0.39, 0.29) is 11.8 Å². The van der Waals surface area contributed by atoms with Crippen molar-refractivity contribution in [2.45, 2.75) is 19.8 Å². The molecule has 0 saturated heterocycles. The molecule has 2 aromatic carbocycles. The molecule has 0 unspecified atom stereocenters. The average Bonchev–Trinajstić information content (AvgIpc) is 2.59. The van der Waals surface area contributed by atoms with E-state index >= 15 is 0 Å². The topological polar surface area (TPSA) is 67.4 Å². The normalized spacial score (nSPS) is 10.1. The molecule has 0 aliphatic rings. The van der Waals surface area contributed by atoms with Crippen LogP contribution in [0.25, 0.3) is 0 Å². The largest absolute Gasteiger partial charge is 0.497 e. The van der Waals surface area contributed by atoms with Crippen LogP contribution in [0.15, 0.2) is 48.5 Å². The van der Waals surface area contributed by atoms with Gasteiger partial charge in [-0.05, 0) is 49.7 Å². The lowest BCUT2D eigenvalue weighted by Crippen LogP contribution is -2.25. The summed E-state index contributed by atoms with van der Waals surface area (Å²) in [6.07, 6.45) is 0.930. The van der Waals surface area contributed by atoms with Crippen LogP contribution in [0.5, 0.6) is 5.75 Å². The van der Waals surface area contributed by atoms with Crippen molar-refractivity contribution in [1.29, 1.82) is 0 Å². The van der Waals surface area contributed by atoms with Crippen molar-refractivity contribution in [2.24, 2.45) is 0 Å². The third-order valence-electron chi connectivity index (χ3n) is 3.52. The van der Waals surface area contributed by atoms with E-state index in [2.05, 4.69) is 10.6 Å². The zero-order valence-corrected chi connectivity index (χ0v) is 14.0. The molecule has 2 N–H and O–H groups in total. The van der Waals surface area contributed by atoms with Gasteiger partial charge in [0, 0.05) is 24.2 Å². The molecule has 0 spiro atoms. The summed E-state index contributed by atoms with van der Waals surface area (Å²) in [6, 6.07) is 14.6. The second-order valence-corrected chi connectivity index (χ2v) is 5.51. The first-order valence-electron chi connectivity index (χ1n) is 7.87. The molecule has 0 aromatic heterocycles. The Labute approximate surface area is 142 Å². The Balaban J connectivity index is 1.69. The lowest BCUT2D eigenvalue weighted by molar-refractivity contribution is -0.116. The highest BCUT2D eigenvalue weighted by Gasteiger charge is 2.06. The van der Waals surface area contributed by atoms with Crippen molar-refractivity contribution in [3.63, 3.8) is 0 Å². The van der Waals surface area contributed by atoms with Gasteiger partial charge < -0.3 is 15.4 Å². The van der Waals surface area contributed by atoms with Crippen LogP contribution in [-0.2, 0) is 4.79 Å². The average molecular weight is 326 g/mol. The molecule has 126 valence electrons. The summed E-state index contributed by atoms with van der Waals surface area (Å²) >= 11 is 0. The molecule has 2 rings (SSSR count). The molecule has 24 heavy (non-hydrogen) atoms. The molecular weight excluding hydrogens is 304 g/mol. The fraction of sp³-hybridized carbons (Fsp3) is 0.263. The number of carbonyl (C=O) groups excluding carboxylic acids is 2. The first-order chi connectivity index (χ1) is 11.6. The van der Waals surface area contributed by atoms with Gasteiger partial charge >= 0.3 is 0 Å². The molecule has 0 bridgehead atoms. The highest BCUT2D eigenvalue weighted by molar-refractivity contribution is 5.94. The maximum absolute atomic E-state index is 12.0. The number of nitrogens with one attached hydrogen (secondary N) is 2. The quantitative estimate of drug-likeness (QED) is 0.768. The number of aryl methyl sites for hydroxylation is 1. The van der Waals surface area contributed by atoms with Crippen molar-refractivity contribution < 1.29 is 14.3 Å². The zero-order valence-electron chi connectivity index (χ0n) is 14.0. The van der Waals surface area contributed by atoms with Gasteiger partial charge in [0.05, 0.1) is 7.11 Å². The highest BCUT2D eigenvalue weighted by atomic mass is 16.5. The van der Waals surface area contributed by atoms with Crippen molar-refractivity contribution >= 4 is 17.5 Å². The van der Waals surface area contributed by atoms with E-state index < -0.39 is 0 Å². The first kappa shape index (κ1) is 17.5. The first-order valence-corrected chi connectivity index (χ1v) is 7.87. The summed E-state index contributed by atoms with van der Waals surface area (Å²) in [5.41, 5.74) is 2.41. The molecule has 0 aliphatic heterocycles. The number of benzene rings is 2. The van der Waals surface area contributed by atoms with Crippen LogP contribution in [-0.4, -0.2) is 25.5 Å². The van der Waals surface area contributed by atoms with Crippen molar-refractivity contribution in [2.75, 3.05) is 19.0 Å². The number of hydrogen-bond donors (Lipinski definition) is 2. The summed E-state index contributed by atoms with van der Waals surface area (Å²) in [7, 11) is 1.60. The predicted octanol–water partition coefficient (Wildman–Crippen LogP) is 3.15. The third kappa shape index (κ3) is 5.43. The molecule has 0 fully saturated rings. The van der Waals surface area contributed by atoms with Gasteiger partial charge in [0.15, 0.2) is 0 Å². The number of ether oxygens (including phenoxy) is 1. The van der Waals surface area contributed by atoms with Gasteiger partial charge in [-0.2, -0.15) is 0 Å². The summed E-state index contributed by atoms with van der Waals surface area (Å²) < 4.78 is 5.07. The second-order valence-electron chi connectivity index (χ2n) is 5.51. The number of hydrogen-bond acceptors (Lipinski definition) is 3. The van der Waals surface area contributed by atoms with E-state index in [0.29, 0.717) is 24.9 Å². The van der Waals surface area contributed by atoms with Gasteiger partial charge in [0.25, 0.3) is 5.91 Å². The fourth-order valence-electron chi connectivity index (χ4n) is 2.24. The third-order valence-corrected chi connectivity index (χ3v) is 3.52. The minimum Gasteiger partial charge on any atom is -0.497 e. The number of rotatable bonds is 7. The van der Waals surface area contributed by atoms with Crippen molar-refractivity contribution in [3.05, 3.63) is 59.7 Å². The minimum absolute atomic E-state index is 0.0787. The number of anilines is 1. The predicted molar refractivity (Wildman–Crippen MR) is 94.4 cm³/mol. The SMILES string of the molecule is COc1ccc(NC(=O)CCCNC(=O)c2cccc(C)c2)cc1. The molecule has 0 saturated carbocycles. The van der Waals surface area contributed by atoms with Crippen LogP contribution in [0.2, 0.25) is 0 Å². The fourth-order valence-corrected chi connectivity index (χ4v) is 2.24. The summed E-state index contributed by atoms with van der Waals surface area (Å²) in [6.45, 7) is 2.41. The lowest BCUT2D eigenvalue weighted by Gasteiger charge is -2.07. The van der Waals surface area contributed by atoms with E-state index in [9.17, 15) is 9.59 Å². The van der Waals surface area contributed by atoms with Crippen LogP contribution in [0.4, 0.5) is 5.69 Å². The van der Waals surface area contributed by atoms with Gasteiger partial charge in [-0.1, -0.05) is 17.7 Å². The molecule has 2 amide bonds. The number of amides is 2. The molecule has 5 nitrogen and oxygen atoms in total. The molecule has 5 heteroatoms. The van der Waals surface area contributed by atoms with E-state index in [1.54, 1.807) is 37.4 Å². The maximum Gasteiger partial charge on any atom is 0.251 e. The van der Waals surface area contributed by atoms with Gasteiger partial charge in [0.2, 0.25) is 5.91 Å². The Morgan fingerprint density at radius 3 is 2.50 bits per heavy atom. The number of carbonyl (C=O) groups is 2. The van der Waals surface area contributed by atoms with Crippen LogP contribution < -0.4 is 15.4 Å². The Morgan fingerprint density at radius 1 is 1.08 bits per heavy atom. The van der Waals surface area contributed by atoms with E-state index in [1.165, 1.54) is 0 Å². The minimum atomic E-state index is -0.116. The Kier molecular flexibility index (Phi) is 6.37. The summed E-state index contributed by atoms with van der Waals surface area (Å²) in [5, 5.41) is 5.64. The van der Waals surface area contributed by atoms with Crippen LogP contribution in [0.3, 0.4) is 0 Å². The van der Waals surface area contributed by atoms with Crippen LogP contribution in [0.1, 0.15) is 28.8 Å². The van der Waals surface area contributed by atoms with Crippen molar-refractivity contribution in [1.82, 2.24) is 5.32 Å². The van der Waals surface area contributed by atoms with Crippen molar-refractivity contribution in [3.8, 4) is 5.75 Å². The van der Waals surface area contributed by atoms with Gasteiger partial charge in [-0.15, -0.1) is 0 Å². The smallest absolute Gasteiger partial charge is 0.251 e. The summed E-state index contributed by atoms with van der Waals surface area (Å²) in [5.74, 6) is 0.547. The Bertz CT molecular complexity index is 696. The highest BCUT2D eigenvalue weighted by Crippen LogP contribution is 2.15. The van der Waals surface area contributed by atoms with E-state index in [1.807, 2.05) is 25.1 Å². The zero-order chi connectivity index (χ0) is 17.4.